The number of unbranched alkanes of at least 4 members (excludes halogenated alkanes) is 2. The third-order valence-corrected chi connectivity index (χ3v) is 3.67. The largest absolute Gasteiger partial charge is 0.446 e. The van der Waals surface area contributed by atoms with Gasteiger partial charge in [0.2, 0.25) is 0 Å². The first-order chi connectivity index (χ1) is 8.43. The first-order valence-electron chi connectivity index (χ1n) is 7.37. The van der Waals surface area contributed by atoms with Crippen molar-refractivity contribution >= 4 is 6.09 Å². The second-order valence-electron chi connectivity index (χ2n) is 6.57. The second kappa shape index (κ2) is 7.01. The fourth-order valence-electron chi connectivity index (χ4n) is 3.11. The van der Waals surface area contributed by atoms with Crippen LogP contribution in [0.2, 0.25) is 0 Å². The second-order valence-corrected chi connectivity index (χ2v) is 6.57. The molecule has 0 aromatic carbocycles. The van der Waals surface area contributed by atoms with Gasteiger partial charge in [-0.3, -0.25) is 0 Å². The molecule has 2 atom stereocenters. The molecule has 0 heterocycles. The van der Waals surface area contributed by atoms with Gasteiger partial charge in [0.15, 0.2) is 0 Å². The molecule has 0 radical (unpaired) electrons. The van der Waals surface area contributed by atoms with Crippen molar-refractivity contribution in [2.24, 2.45) is 11.3 Å². The van der Waals surface area contributed by atoms with Gasteiger partial charge in [0.1, 0.15) is 6.10 Å². The van der Waals surface area contributed by atoms with Crippen molar-refractivity contribution in [3.8, 4) is 0 Å². The molecule has 2 unspecified atom stereocenters. The molecule has 1 saturated carbocycles. The van der Waals surface area contributed by atoms with Crippen LogP contribution in [-0.4, -0.2) is 18.7 Å². The van der Waals surface area contributed by atoms with E-state index in [1.807, 2.05) is 0 Å². The molecule has 1 aliphatic rings. The van der Waals surface area contributed by atoms with Gasteiger partial charge in [-0.15, -0.1) is 0 Å². The molecule has 1 aliphatic carbocycles. The minimum atomic E-state index is -0.235. The molecule has 0 spiro atoms. The summed E-state index contributed by atoms with van der Waals surface area (Å²) in [5, 5.41) is 2.85. The van der Waals surface area contributed by atoms with Crippen LogP contribution in [0, 0.1) is 11.3 Å². The molecule has 0 bridgehead atoms. The lowest BCUT2D eigenvalue weighted by atomic mass is 9.71. The van der Waals surface area contributed by atoms with Crippen molar-refractivity contribution in [2.45, 2.75) is 72.3 Å². The van der Waals surface area contributed by atoms with Crippen molar-refractivity contribution in [2.75, 3.05) is 6.54 Å². The zero-order valence-electron chi connectivity index (χ0n) is 12.4. The Bertz CT molecular complexity index is 263. The van der Waals surface area contributed by atoms with E-state index in [0.29, 0.717) is 11.3 Å². The number of carbonyl (C=O) groups is 1. The lowest BCUT2D eigenvalue weighted by molar-refractivity contribution is 0.0188. The van der Waals surface area contributed by atoms with Gasteiger partial charge in [-0.1, -0.05) is 40.5 Å². The summed E-state index contributed by atoms with van der Waals surface area (Å²) in [4.78, 5) is 11.7. The molecular weight excluding hydrogens is 226 g/mol. The van der Waals surface area contributed by atoms with Crippen molar-refractivity contribution in [3.05, 3.63) is 0 Å². The van der Waals surface area contributed by atoms with E-state index in [0.717, 1.165) is 32.2 Å². The first-order valence-corrected chi connectivity index (χ1v) is 7.37. The highest BCUT2D eigenvalue weighted by atomic mass is 16.6. The maximum absolute atomic E-state index is 11.7. The van der Waals surface area contributed by atoms with Gasteiger partial charge in [-0.05, 0) is 37.0 Å². The van der Waals surface area contributed by atoms with E-state index in [4.69, 9.17) is 4.74 Å². The minimum Gasteiger partial charge on any atom is -0.446 e. The number of rotatable bonds is 5. The average molecular weight is 255 g/mol. The summed E-state index contributed by atoms with van der Waals surface area (Å²) in [6.07, 6.45) is 6.45. The number of amides is 1. The number of ether oxygens (including phenoxy) is 1. The summed E-state index contributed by atoms with van der Waals surface area (Å²) < 4.78 is 5.53. The number of alkyl carbamates (subject to hydrolysis) is 1. The Labute approximate surface area is 112 Å². The van der Waals surface area contributed by atoms with E-state index in [9.17, 15) is 4.79 Å². The van der Waals surface area contributed by atoms with Gasteiger partial charge in [-0.25, -0.2) is 4.79 Å². The van der Waals surface area contributed by atoms with Crippen molar-refractivity contribution in [1.82, 2.24) is 5.32 Å². The summed E-state index contributed by atoms with van der Waals surface area (Å²) in [5.41, 5.74) is 0.296. The van der Waals surface area contributed by atoms with Gasteiger partial charge in [-0.2, -0.15) is 0 Å². The van der Waals surface area contributed by atoms with E-state index in [1.165, 1.54) is 12.8 Å². The quantitative estimate of drug-likeness (QED) is 0.750. The molecule has 3 heteroatoms. The highest BCUT2D eigenvalue weighted by Crippen LogP contribution is 2.39. The van der Waals surface area contributed by atoms with Crippen LogP contribution >= 0.6 is 0 Å². The van der Waals surface area contributed by atoms with E-state index in [-0.39, 0.29) is 12.2 Å². The Kier molecular flexibility index (Phi) is 5.97. The fourth-order valence-corrected chi connectivity index (χ4v) is 3.11. The zero-order valence-corrected chi connectivity index (χ0v) is 12.4. The van der Waals surface area contributed by atoms with Crippen LogP contribution in [0.3, 0.4) is 0 Å². The van der Waals surface area contributed by atoms with Gasteiger partial charge >= 0.3 is 6.09 Å². The lowest BCUT2D eigenvalue weighted by Gasteiger charge is -2.38. The molecule has 0 aromatic heterocycles. The predicted molar refractivity (Wildman–Crippen MR) is 74.6 cm³/mol. The van der Waals surface area contributed by atoms with Crippen molar-refractivity contribution < 1.29 is 9.53 Å². The van der Waals surface area contributed by atoms with Crippen LogP contribution in [0.25, 0.3) is 0 Å². The molecule has 1 amide bonds. The highest BCUT2D eigenvalue weighted by Gasteiger charge is 2.33. The molecule has 1 fully saturated rings. The predicted octanol–water partition coefficient (Wildman–Crippen LogP) is 4.12. The summed E-state index contributed by atoms with van der Waals surface area (Å²) >= 11 is 0. The highest BCUT2D eigenvalue weighted by molar-refractivity contribution is 5.67. The van der Waals surface area contributed by atoms with Gasteiger partial charge in [0, 0.05) is 6.54 Å². The number of carbonyl (C=O) groups excluding carboxylic acids is 1. The summed E-state index contributed by atoms with van der Waals surface area (Å²) in [7, 11) is 0. The molecule has 0 aliphatic heterocycles. The number of hydrogen-bond donors (Lipinski definition) is 1. The van der Waals surface area contributed by atoms with E-state index in [1.54, 1.807) is 0 Å². The summed E-state index contributed by atoms with van der Waals surface area (Å²) in [6.45, 7) is 9.66. The molecule has 18 heavy (non-hydrogen) atoms. The maximum atomic E-state index is 11.7. The molecule has 1 rings (SSSR count). The van der Waals surface area contributed by atoms with Crippen LogP contribution in [0.4, 0.5) is 4.79 Å². The zero-order chi connectivity index (χ0) is 13.6. The van der Waals surface area contributed by atoms with E-state index >= 15 is 0 Å². The SMILES string of the molecule is CCCCCNC(=O)OC1CC(C)CC(C)(C)C1. The van der Waals surface area contributed by atoms with Crippen LogP contribution in [0.15, 0.2) is 0 Å². The van der Waals surface area contributed by atoms with Crippen LogP contribution < -0.4 is 5.32 Å². The first kappa shape index (κ1) is 15.3. The molecule has 106 valence electrons. The van der Waals surface area contributed by atoms with Crippen molar-refractivity contribution in [1.29, 1.82) is 0 Å². The van der Waals surface area contributed by atoms with Crippen LogP contribution in [-0.2, 0) is 4.74 Å². The third-order valence-electron chi connectivity index (χ3n) is 3.67. The van der Waals surface area contributed by atoms with Gasteiger partial charge in [0.05, 0.1) is 0 Å². The van der Waals surface area contributed by atoms with E-state index < -0.39 is 0 Å². The Hall–Kier alpha value is -0.730. The Morgan fingerprint density at radius 2 is 2.06 bits per heavy atom. The Balaban J connectivity index is 2.26. The lowest BCUT2D eigenvalue weighted by Crippen LogP contribution is -2.37. The smallest absolute Gasteiger partial charge is 0.407 e. The normalized spacial score (nSPS) is 26.7. The topological polar surface area (TPSA) is 38.3 Å². The maximum Gasteiger partial charge on any atom is 0.407 e. The third kappa shape index (κ3) is 5.74. The summed E-state index contributed by atoms with van der Waals surface area (Å²) in [5.74, 6) is 0.645. The van der Waals surface area contributed by atoms with Crippen LogP contribution in [0.5, 0.6) is 0 Å². The number of nitrogens with one attached hydrogen (secondary N) is 1. The van der Waals surface area contributed by atoms with Gasteiger partial charge in [0.25, 0.3) is 0 Å². The molecular formula is C15H29NO2. The average Bonchev–Trinajstić information content (AvgIpc) is 2.21. The fraction of sp³-hybridized carbons (Fsp3) is 0.933. The molecule has 0 aromatic rings. The number of hydrogen-bond acceptors (Lipinski definition) is 2. The molecule has 1 N–H and O–H groups in total. The monoisotopic (exact) mass is 255 g/mol. The van der Waals surface area contributed by atoms with E-state index in [2.05, 4.69) is 33.0 Å². The molecule has 3 nitrogen and oxygen atoms in total. The minimum absolute atomic E-state index is 0.0925. The standard InChI is InChI=1S/C15H29NO2/c1-5-6-7-8-16-14(17)18-13-9-12(2)10-15(3,4)11-13/h12-13H,5-11H2,1-4H3,(H,16,17). The Morgan fingerprint density at radius 1 is 1.33 bits per heavy atom. The summed E-state index contributed by atoms with van der Waals surface area (Å²) in [6, 6.07) is 0. The molecule has 0 saturated heterocycles. The van der Waals surface area contributed by atoms with Gasteiger partial charge < -0.3 is 10.1 Å². The van der Waals surface area contributed by atoms with Crippen LogP contribution in [0.1, 0.15) is 66.2 Å². The van der Waals surface area contributed by atoms with Crippen molar-refractivity contribution in [3.63, 3.8) is 0 Å². The Morgan fingerprint density at radius 3 is 2.67 bits per heavy atom.